The average molecular weight is 129 g/mol. The zero-order valence-electron chi connectivity index (χ0n) is 5.22. The molecule has 1 atom stereocenters. The quantitative estimate of drug-likeness (QED) is 0.407. The number of carbonyl (C=O) groups excluding carboxylic acids is 1. The Kier molecular flexibility index (Phi) is 1.37. The molecule has 1 rings (SSSR count). The molecule has 1 fully saturated rings. The Labute approximate surface area is 52.8 Å². The highest BCUT2D eigenvalue weighted by atomic mass is 19.1. The number of alkyl halides is 1. The molecule has 0 aromatic rings. The van der Waals surface area contributed by atoms with Crippen LogP contribution in [0.5, 0.6) is 0 Å². The largest absolute Gasteiger partial charge is 0.241 e. The third kappa shape index (κ3) is 1.16. The van der Waals surface area contributed by atoms with Gasteiger partial charge in [-0.15, -0.1) is 0 Å². The van der Waals surface area contributed by atoms with Gasteiger partial charge in [-0.05, 0) is 19.8 Å². The summed E-state index contributed by atoms with van der Waals surface area (Å²) in [5.41, 5.74) is -1.17. The van der Waals surface area contributed by atoms with Crippen molar-refractivity contribution in [2.24, 2.45) is 4.99 Å². The third-order valence-electron chi connectivity index (χ3n) is 1.72. The molecule has 9 heavy (non-hydrogen) atoms. The van der Waals surface area contributed by atoms with E-state index >= 15 is 0 Å². The van der Waals surface area contributed by atoms with Crippen molar-refractivity contribution >= 4 is 6.08 Å². The van der Waals surface area contributed by atoms with Crippen LogP contribution in [0.4, 0.5) is 4.39 Å². The predicted octanol–water partition coefficient (Wildman–Crippen LogP) is 1.21. The van der Waals surface area contributed by atoms with E-state index in [-0.39, 0.29) is 0 Å². The number of halogens is 1. The summed E-state index contributed by atoms with van der Waals surface area (Å²) < 4.78 is 12.8. The van der Waals surface area contributed by atoms with Crippen molar-refractivity contribution in [1.29, 1.82) is 0 Å². The maximum absolute atomic E-state index is 12.8. The fraction of sp³-hybridized carbons (Fsp3) is 0.833. The molecule has 0 spiro atoms. The van der Waals surface area contributed by atoms with Gasteiger partial charge < -0.3 is 0 Å². The van der Waals surface area contributed by atoms with Crippen LogP contribution in [0.2, 0.25) is 0 Å². The van der Waals surface area contributed by atoms with Crippen molar-refractivity contribution in [3.8, 4) is 0 Å². The highest BCUT2D eigenvalue weighted by Crippen LogP contribution is 2.43. The molecule has 1 saturated carbocycles. The maximum Gasteiger partial charge on any atom is 0.235 e. The minimum atomic E-state index is -1.17. The van der Waals surface area contributed by atoms with Crippen molar-refractivity contribution in [1.82, 2.24) is 0 Å². The Morgan fingerprint density at radius 1 is 1.78 bits per heavy atom. The van der Waals surface area contributed by atoms with Crippen LogP contribution in [0, 0.1) is 0 Å². The first-order valence-corrected chi connectivity index (χ1v) is 2.95. The molecule has 0 N–H and O–H groups in total. The number of aliphatic imine (C=N–C) groups is 1. The highest BCUT2D eigenvalue weighted by molar-refractivity contribution is 5.34. The minimum Gasteiger partial charge on any atom is -0.241 e. The second-order valence-corrected chi connectivity index (χ2v) is 2.43. The molecule has 1 aliphatic carbocycles. The number of rotatable bonds is 2. The summed E-state index contributed by atoms with van der Waals surface area (Å²) in [6.07, 6.45) is 2.43. The van der Waals surface area contributed by atoms with Crippen LogP contribution >= 0.6 is 0 Å². The van der Waals surface area contributed by atoms with Gasteiger partial charge in [0.25, 0.3) is 0 Å². The minimum absolute atomic E-state index is 0.491. The van der Waals surface area contributed by atoms with Gasteiger partial charge in [-0.2, -0.15) is 4.99 Å². The molecule has 2 nitrogen and oxygen atoms in total. The molecular weight excluding hydrogens is 121 g/mol. The topological polar surface area (TPSA) is 29.4 Å². The Morgan fingerprint density at radius 3 is 2.67 bits per heavy atom. The van der Waals surface area contributed by atoms with Crippen LogP contribution in [-0.4, -0.2) is 17.8 Å². The van der Waals surface area contributed by atoms with Crippen molar-refractivity contribution in [3.05, 3.63) is 0 Å². The fourth-order valence-electron chi connectivity index (χ4n) is 0.732. The Balaban J connectivity index is 2.51. The molecule has 50 valence electrons. The number of hydrogen-bond acceptors (Lipinski definition) is 2. The summed E-state index contributed by atoms with van der Waals surface area (Å²) in [7, 11) is 0. The van der Waals surface area contributed by atoms with E-state index in [0.717, 1.165) is 0 Å². The summed E-state index contributed by atoms with van der Waals surface area (Å²) in [6.45, 7) is 1.60. The molecule has 1 aliphatic rings. The summed E-state index contributed by atoms with van der Waals surface area (Å²) in [6, 6.07) is -0.491. The van der Waals surface area contributed by atoms with Gasteiger partial charge in [0.1, 0.15) is 5.67 Å². The first-order valence-electron chi connectivity index (χ1n) is 2.95. The number of nitrogens with zero attached hydrogens (tertiary/aromatic N) is 1. The molecule has 0 bridgehead atoms. The van der Waals surface area contributed by atoms with Crippen molar-refractivity contribution < 1.29 is 9.18 Å². The smallest absolute Gasteiger partial charge is 0.235 e. The van der Waals surface area contributed by atoms with Crippen molar-refractivity contribution in [2.45, 2.75) is 31.5 Å². The first-order chi connectivity index (χ1) is 4.19. The van der Waals surface area contributed by atoms with Crippen LogP contribution in [0.3, 0.4) is 0 Å². The third-order valence-corrected chi connectivity index (χ3v) is 1.72. The Hall–Kier alpha value is -0.690. The lowest BCUT2D eigenvalue weighted by Crippen LogP contribution is -2.16. The molecule has 0 heterocycles. The summed E-state index contributed by atoms with van der Waals surface area (Å²) in [5.74, 6) is 0. The Bertz CT molecular complexity index is 158. The van der Waals surface area contributed by atoms with Gasteiger partial charge in [-0.25, -0.2) is 9.18 Å². The zero-order chi connectivity index (χ0) is 6.91. The van der Waals surface area contributed by atoms with Crippen LogP contribution in [0.25, 0.3) is 0 Å². The van der Waals surface area contributed by atoms with Crippen molar-refractivity contribution in [2.75, 3.05) is 0 Å². The van der Waals surface area contributed by atoms with Gasteiger partial charge in [-0.3, -0.25) is 0 Å². The lowest BCUT2D eigenvalue weighted by Gasteiger charge is -2.05. The SMILES string of the molecule is CC(N=C=O)C1(F)CC1. The van der Waals surface area contributed by atoms with E-state index in [4.69, 9.17) is 0 Å². The summed E-state index contributed by atoms with van der Waals surface area (Å²) in [4.78, 5) is 12.9. The average Bonchev–Trinajstić information content (AvgIpc) is 2.50. The van der Waals surface area contributed by atoms with Crippen LogP contribution < -0.4 is 0 Å². The van der Waals surface area contributed by atoms with E-state index in [1.807, 2.05) is 0 Å². The van der Waals surface area contributed by atoms with E-state index in [1.165, 1.54) is 6.08 Å². The predicted molar refractivity (Wildman–Crippen MR) is 30.7 cm³/mol. The van der Waals surface area contributed by atoms with Gasteiger partial charge in [0, 0.05) is 0 Å². The van der Waals surface area contributed by atoms with Gasteiger partial charge in [0.2, 0.25) is 6.08 Å². The Morgan fingerprint density at radius 2 is 2.33 bits per heavy atom. The summed E-state index contributed by atoms with van der Waals surface area (Å²) in [5, 5.41) is 0. The monoisotopic (exact) mass is 129 g/mol. The maximum atomic E-state index is 12.8. The van der Waals surface area contributed by atoms with Gasteiger partial charge in [0.15, 0.2) is 0 Å². The molecule has 0 radical (unpaired) electrons. The molecule has 1 unspecified atom stereocenters. The fourth-order valence-corrected chi connectivity index (χ4v) is 0.732. The second kappa shape index (κ2) is 1.92. The van der Waals surface area contributed by atoms with Crippen LogP contribution in [0.1, 0.15) is 19.8 Å². The summed E-state index contributed by atoms with van der Waals surface area (Å²) >= 11 is 0. The van der Waals surface area contributed by atoms with E-state index in [1.54, 1.807) is 6.92 Å². The lowest BCUT2D eigenvalue weighted by molar-refractivity contribution is 0.268. The molecule has 0 aliphatic heterocycles. The van der Waals surface area contributed by atoms with E-state index < -0.39 is 11.7 Å². The van der Waals surface area contributed by atoms with Gasteiger partial charge in [-0.1, -0.05) is 0 Å². The second-order valence-electron chi connectivity index (χ2n) is 2.43. The van der Waals surface area contributed by atoms with E-state index in [9.17, 15) is 9.18 Å². The molecule has 0 amide bonds. The van der Waals surface area contributed by atoms with Crippen LogP contribution in [0.15, 0.2) is 4.99 Å². The molecule has 0 aromatic carbocycles. The molecule has 0 saturated heterocycles. The molecular formula is C6H8FNO. The standard InChI is InChI=1S/C6H8FNO/c1-5(8-4-9)6(7)2-3-6/h5H,2-3H2,1H3. The highest BCUT2D eigenvalue weighted by Gasteiger charge is 2.48. The normalized spacial score (nSPS) is 24.2. The number of hydrogen-bond donors (Lipinski definition) is 0. The van der Waals surface area contributed by atoms with E-state index in [2.05, 4.69) is 4.99 Å². The van der Waals surface area contributed by atoms with Crippen molar-refractivity contribution in [3.63, 3.8) is 0 Å². The van der Waals surface area contributed by atoms with Gasteiger partial charge in [0.05, 0.1) is 6.04 Å². The zero-order valence-corrected chi connectivity index (χ0v) is 5.22. The van der Waals surface area contributed by atoms with E-state index in [0.29, 0.717) is 12.8 Å². The molecule has 0 aromatic heterocycles. The first kappa shape index (κ1) is 6.43. The lowest BCUT2D eigenvalue weighted by atomic mass is 10.2. The van der Waals surface area contributed by atoms with Gasteiger partial charge >= 0.3 is 0 Å². The number of isocyanates is 1. The molecule has 3 heteroatoms. The van der Waals surface area contributed by atoms with Crippen LogP contribution in [-0.2, 0) is 4.79 Å².